The van der Waals surface area contributed by atoms with Crippen molar-refractivity contribution in [2.45, 2.75) is 13.5 Å². The zero-order valence-electron chi connectivity index (χ0n) is 17.1. The number of rotatable bonds is 5. The molecule has 0 aliphatic heterocycles. The van der Waals surface area contributed by atoms with Crippen LogP contribution in [0.25, 0.3) is 22.4 Å². The van der Waals surface area contributed by atoms with Crippen molar-refractivity contribution < 1.29 is 9.32 Å². The van der Waals surface area contributed by atoms with Crippen LogP contribution in [0.15, 0.2) is 47.8 Å². The molecule has 0 aliphatic carbocycles. The summed E-state index contributed by atoms with van der Waals surface area (Å²) in [5, 5.41) is 20.1. The van der Waals surface area contributed by atoms with Gasteiger partial charge < -0.3 is 9.84 Å². The zero-order chi connectivity index (χ0) is 21.5. The average molecular weight is 417 g/mol. The molecule has 5 aromatic heterocycles. The van der Waals surface area contributed by atoms with E-state index in [0.29, 0.717) is 40.3 Å². The number of nitrogens with zero attached hydrogens (tertiary/aromatic N) is 8. The number of fused-ring (bicyclic) bond motifs is 1. The summed E-state index contributed by atoms with van der Waals surface area (Å²) in [7, 11) is 3.68. The topological polar surface area (TPSA) is 121 Å². The summed E-state index contributed by atoms with van der Waals surface area (Å²) in [6.07, 6.45) is 10.6. The van der Waals surface area contributed by atoms with Crippen LogP contribution < -0.4 is 5.32 Å². The Labute approximate surface area is 176 Å². The van der Waals surface area contributed by atoms with Gasteiger partial charge in [0.15, 0.2) is 0 Å². The summed E-state index contributed by atoms with van der Waals surface area (Å²) in [6, 6.07) is 1.72. The van der Waals surface area contributed by atoms with Gasteiger partial charge in [0.1, 0.15) is 0 Å². The van der Waals surface area contributed by atoms with Crippen molar-refractivity contribution in [1.82, 2.24) is 39.5 Å². The Kier molecular flexibility index (Phi) is 4.35. The molecule has 0 radical (unpaired) electrons. The number of hydrogen-bond acceptors (Lipinski definition) is 7. The largest absolute Gasteiger partial charge is 0.335 e. The number of pyridine rings is 1. The highest BCUT2D eigenvalue weighted by Crippen LogP contribution is 2.27. The molecule has 1 N–H and O–H groups in total. The van der Waals surface area contributed by atoms with Gasteiger partial charge in [-0.1, -0.05) is 5.16 Å². The van der Waals surface area contributed by atoms with Crippen LogP contribution in [0.2, 0.25) is 0 Å². The fraction of sp³-hybridized carbons (Fsp3) is 0.200. The van der Waals surface area contributed by atoms with Gasteiger partial charge in [-0.2, -0.15) is 15.3 Å². The van der Waals surface area contributed by atoms with Gasteiger partial charge >= 0.3 is 0 Å². The van der Waals surface area contributed by atoms with E-state index >= 15 is 0 Å². The molecule has 0 fully saturated rings. The summed E-state index contributed by atoms with van der Waals surface area (Å²) in [5.74, 6) is -0.301. The second-order valence-corrected chi connectivity index (χ2v) is 7.31. The van der Waals surface area contributed by atoms with Gasteiger partial charge in [-0.25, -0.2) is 4.98 Å². The van der Waals surface area contributed by atoms with Crippen molar-refractivity contribution in [2.75, 3.05) is 5.32 Å². The van der Waals surface area contributed by atoms with Gasteiger partial charge in [-0.05, 0) is 13.0 Å². The first-order valence-corrected chi connectivity index (χ1v) is 9.53. The Balaban J connectivity index is 1.45. The van der Waals surface area contributed by atoms with E-state index in [4.69, 9.17) is 4.52 Å². The minimum absolute atomic E-state index is 0.301. The van der Waals surface area contributed by atoms with E-state index in [0.717, 1.165) is 11.1 Å². The van der Waals surface area contributed by atoms with Crippen molar-refractivity contribution in [1.29, 1.82) is 0 Å². The molecule has 0 saturated carbocycles. The van der Waals surface area contributed by atoms with Crippen LogP contribution in [0.5, 0.6) is 0 Å². The summed E-state index contributed by atoms with van der Waals surface area (Å²) < 4.78 is 10.5. The molecule has 0 unspecified atom stereocenters. The van der Waals surface area contributed by atoms with Crippen molar-refractivity contribution in [3.63, 3.8) is 0 Å². The fourth-order valence-corrected chi connectivity index (χ4v) is 3.43. The Hall–Kier alpha value is -4.28. The summed E-state index contributed by atoms with van der Waals surface area (Å²) in [4.78, 5) is 17.7. The lowest BCUT2D eigenvalue weighted by Crippen LogP contribution is -2.12. The molecule has 5 aromatic rings. The number of carbonyl (C=O) groups excluding carboxylic acids is 1. The minimum Gasteiger partial charge on any atom is -0.335 e. The zero-order valence-corrected chi connectivity index (χ0v) is 17.1. The molecule has 31 heavy (non-hydrogen) atoms. The predicted octanol–water partition coefficient (Wildman–Crippen LogP) is 2.16. The molecule has 1 amide bonds. The number of anilines is 1. The molecule has 11 heteroatoms. The Bertz CT molecular complexity index is 1410. The van der Waals surface area contributed by atoms with E-state index in [9.17, 15) is 4.79 Å². The van der Waals surface area contributed by atoms with Gasteiger partial charge in [-0.15, -0.1) is 0 Å². The van der Waals surface area contributed by atoms with Gasteiger partial charge in [0.05, 0.1) is 53.2 Å². The number of nitrogens with one attached hydrogen (secondary N) is 1. The Morgan fingerprint density at radius 3 is 2.61 bits per heavy atom. The maximum atomic E-state index is 13.2. The molecule has 0 bridgehead atoms. The van der Waals surface area contributed by atoms with Crippen LogP contribution in [0.3, 0.4) is 0 Å². The third-order valence-electron chi connectivity index (χ3n) is 4.86. The first-order valence-electron chi connectivity index (χ1n) is 9.53. The molecule has 0 atom stereocenters. The molecule has 0 aliphatic rings. The molecule has 11 nitrogen and oxygen atoms in total. The van der Waals surface area contributed by atoms with Gasteiger partial charge in [0, 0.05) is 43.8 Å². The van der Waals surface area contributed by atoms with Crippen LogP contribution in [0, 0.1) is 6.92 Å². The monoisotopic (exact) mass is 417 g/mol. The smallest absolute Gasteiger partial charge is 0.259 e. The SMILES string of the molecule is Cc1noc2nc(-c3cnn(C)c3)cc(C(=O)Nc3cnn(Cc4cnn(C)c4)c3)c12. The molecule has 5 rings (SSSR count). The highest BCUT2D eigenvalue weighted by atomic mass is 16.5. The van der Waals surface area contributed by atoms with Crippen molar-refractivity contribution >= 4 is 22.7 Å². The first-order chi connectivity index (χ1) is 15.0. The average Bonchev–Trinajstić information content (AvgIpc) is 3.52. The molecule has 5 heterocycles. The lowest BCUT2D eigenvalue weighted by molar-refractivity contribution is 0.102. The third kappa shape index (κ3) is 3.56. The van der Waals surface area contributed by atoms with E-state index in [1.54, 1.807) is 51.8 Å². The van der Waals surface area contributed by atoms with Crippen LogP contribution in [-0.2, 0) is 20.6 Å². The van der Waals surface area contributed by atoms with E-state index in [-0.39, 0.29) is 5.91 Å². The van der Waals surface area contributed by atoms with Crippen molar-refractivity contribution in [3.05, 3.63) is 60.1 Å². The number of amides is 1. The van der Waals surface area contributed by atoms with Gasteiger partial charge in [-0.3, -0.25) is 18.8 Å². The fourth-order valence-electron chi connectivity index (χ4n) is 3.43. The van der Waals surface area contributed by atoms with E-state index in [2.05, 4.69) is 30.8 Å². The van der Waals surface area contributed by atoms with Crippen molar-refractivity contribution in [2.24, 2.45) is 14.1 Å². The van der Waals surface area contributed by atoms with Crippen LogP contribution in [-0.4, -0.2) is 45.4 Å². The maximum absolute atomic E-state index is 13.2. The second-order valence-electron chi connectivity index (χ2n) is 7.31. The van der Waals surface area contributed by atoms with E-state index in [1.807, 2.05) is 26.5 Å². The predicted molar refractivity (Wildman–Crippen MR) is 111 cm³/mol. The number of aromatic nitrogens is 8. The number of aryl methyl sites for hydroxylation is 3. The third-order valence-corrected chi connectivity index (χ3v) is 4.86. The maximum Gasteiger partial charge on any atom is 0.259 e. The lowest BCUT2D eigenvalue weighted by Gasteiger charge is -2.06. The number of hydrogen-bond donors (Lipinski definition) is 1. The first kappa shape index (κ1) is 18.7. The molecular weight excluding hydrogens is 398 g/mol. The summed E-state index contributed by atoms with van der Waals surface area (Å²) >= 11 is 0. The normalized spacial score (nSPS) is 11.3. The molecule has 0 saturated heterocycles. The lowest BCUT2D eigenvalue weighted by atomic mass is 10.1. The Morgan fingerprint density at radius 2 is 1.87 bits per heavy atom. The molecule has 156 valence electrons. The van der Waals surface area contributed by atoms with Gasteiger partial charge in [0.25, 0.3) is 11.6 Å². The van der Waals surface area contributed by atoms with E-state index < -0.39 is 0 Å². The molecule has 0 aromatic carbocycles. The number of carbonyl (C=O) groups is 1. The highest BCUT2D eigenvalue weighted by Gasteiger charge is 2.20. The van der Waals surface area contributed by atoms with E-state index in [1.165, 1.54) is 0 Å². The summed E-state index contributed by atoms with van der Waals surface area (Å²) in [6.45, 7) is 2.33. The second kappa shape index (κ2) is 7.20. The highest BCUT2D eigenvalue weighted by molar-refractivity contribution is 6.12. The van der Waals surface area contributed by atoms with Crippen LogP contribution in [0.4, 0.5) is 5.69 Å². The molecular formula is C20H19N9O2. The van der Waals surface area contributed by atoms with Crippen molar-refractivity contribution in [3.8, 4) is 11.3 Å². The van der Waals surface area contributed by atoms with Crippen LogP contribution in [0.1, 0.15) is 21.6 Å². The summed E-state index contributed by atoms with van der Waals surface area (Å²) in [5.41, 5.74) is 4.26. The quantitative estimate of drug-likeness (QED) is 0.465. The standard InChI is InChI=1S/C20H19N9O2/c1-12-18-16(4-17(25-20(18)31-26-12)14-6-22-28(3)10-14)19(30)24-15-7-23-29(11-15)9-13-5-21-27(2)8-13/h4-8,10-11H,9H2,1-3H3,(H,24,30). The molecule has 0 spiro atoms. The Morgan fingerprint density at radius 1 is 1.06 bits per heavy atom. The van der Waals surface area contributed by atoms with Gasteiger partial charge in [0.2, 0.25) is 0 Å². The minimum atomic E-state index is -0.301. The van der Waals surface area contributed by atoms with Crippen LogP contribution >= 0.6 is 0 Å².